The molecule has 0 bridgehead atoms. The van der Waals surface area contributed by atoms with Crippen LogP contribution in [0.3, 0.4) is 0 Å². The highest BCUT2D eigenvalue weighted by Crippen LogP contribution is 2.34. The second kappa shape index (κ2) is 7.59. The third-order valence-corrected chi connectivity index (χ3v) is 3.70. The summed E-state index contributed by atoms with van der Waals surface area (Å²) in [7, 11) is 0. The minimum absolute atomic E-state index is 0.267. The van der Waals surface area contributed by atoms with Crippen LogP contribution in [0.15, 0.2) is 21.1 Å². The Labute approximate surface area is 130 Å². The Balaban J connectivity index is 2.66. The van der Waals surface area contributed by atoms with Crippen molar-refractivity contribution in [2.45, 2.75) is 26.0 Å². The molecule has 6 heteroatoms. The molecule has 0 saturated carbocycles. The van der Waals surface area contributed by atoms with E-state index in [0.717, 1.165) is 20.3 Å². The zero-order valence-electron chi connectivity index (χ0n) is 11.0. The molecule has 1 atom stereocenters. The van der Waals surface area contributed by atoms with Gasteiger partial charge in [-0.15, -0.1) is 0 Å². The van der Waals surface area contributed by atoms with Gasteiger partial charge in [-0.05, 0) is 63.4 Å². The summed E-state index contributed by atoms with van der Waals surface area (Å²) in [6.45, 7) is 4.78. The van der Waals surface area contributed by atoms with Gasteiger partial charge in [-0.25, -0.2) is 0 Å². The van der Waals surface area contributed by atoms with Crippen molar-refractivity contribution in [1.29, 1.82) is 0 Å². The van der Waals surface area contributed by atoms with E-state index in [0.29, 0.717) is 19.7 Å². The van der Waals surface area contributed by atoms with Gasteiger partial charge in [-0.3, -0.25) is 0 Å². The number of ether oxygens (including phenoxy) is 1. The summed E-state index contributed by atoms with van der Waals surface area (Å²) in [6, 6.07) is 3.94. The van der Waals surface area contributed by atoms with Crippen LogP contribution in [0.1, 0.15) is 19.4 Å². The van der Waals surface area contributed by atoms with Crippen LogP contribution >= 0.6 is 31.9 Å². The lowest BCUT2D eigenvalue weighted by molar-refractivity contribution is 0.00253. The molecule has 0 radical (unpaired) electrons. The molecule has 0 aliphatic rings. The smallest absolute Gasteiger partial charge is 0.147 e. The van der Waals surface area contributed by atoms with Crippen molar-refractivity contribution in [3.8, 4) is 5.75 Å². The lowest BCUT2D eigenvalue weighted by Gasteiger charge is -2.21. The fraction of sp³-hybridized carbons (Fsp3) is 0.538. The van der Waals surface area contributed by atoms with Gasteiger partial charge < -0.3 is 20.3 Å². The Morgan fingerprint density at radius 2 is 1.89 bits per heavy atom. The number of benzene rings is 1. The summed E-state index contributed by atoms with van der Waals surface area (Å²) in [5.41, 5.74) is -0.0457. The molecule has 0 spiro atoms. The lowest BCUT2D eigenvalue weighted by atomic mass is 10.1. The third-order valence-electron chi connectivity index (χ3n) is 2.52. The highest BCUT2D eigenvalue weighted by Gasteiger charge is 2.18. The number of hydrogen-bond acceptors (Lipinski definition) is 4. The Morgan fingerprint density at radius 3 is 2.37 bits per heavy atom. The highest BCUT2D eigenvalue weighted by molar-refractivity contribution is 9.11. The van der Waals surface area contributed by atoms with Crippen LogP contribution in [0.5, 0.6) is 5.75 Å². The summed E-state index contributed by atoms with van der Waals surface area (Å²) in [4.78, 5) is 0. The van der Waals surface area contributed by atoms with Crippen LogP contribution in [0.4, 0.5) is 0 Å². The van der Waals surface area contributed by atoms with Crippen LogP contribution in [0.2, 0.25) is 0 Å². The second-order valence-electron chi connectivity index (χ2n) is 4.58. The van der Waals surface area contributed by atoms with Crippen LogP contribution in [-0.2, 0) is 6.54 Å². The molecule has 4 nitrogen and oxygen atoms in total. The van der Waals surface area contributed by atoms with Crippen molar-refractivity contribution in [3.05, 3.63) is 26.6 Å². The standard InChI is InChI=1S/C13H19Br2NO3/c1-3-19-12-10(14)4-9(5-11(12)15)6-16-7-13(2,18)8-17/h4-5,16-18H,3,6-8H2,1-2H3. The first-order chi connectivity index (χ1) is 8.89. The summed E-state index contributed by atoms with van der Waals surface area (Å²) in [6.07, 6.45) is 0. The summed E-state index contributed by atoms with van der Waals surface area (Å²) in [5.74, 6) is 0.786. The summed E-state index contributed by atoms with van der Waals surface area (Å²) < 4.78 is 7.28. The number of nitrogens with one attached hydrogen (secondary N) is 1. The molecule has 0 saturated heterocycles. The van der Waals surface area contributed by atoms with Gasteiger partial charge in [0.15, 0.2) is 0 Å². The first kappa shape index (κ1) is 16.9. The third kappa shape index (κ3) is 5.39. The number of halogens is 2. The SMILES string of the molecule is CCOc1c(Br)cc(CNCC(C)(O)CO)cc1Br. The highest BCUT2D eigenvalue weighted by atomic mass is 79.9. The quantitative estimate of drug-likeness (QED) is 0.662. The molecule has 0 aliphatic heterocycles. The van der Waals surface area contributed by atoms with E-state index in [1.54, 1.807) is 6.92 Å². The van der Waals surface area contributed by atoms with E-state index in [9.17, 15) is 5.11 Å². The molecule has 3 N–H and O–H groups in total. The van der Waals surface area contributed by atoms with Crippen molar-refractivity contribution < 1.29 is 14.9 Å². The molecular weight excluding hydrogens is 378 g/mol. The number of rotatable bonds is 7. The zero-order valence-corrected chi connectivity index (χ0v) is 14.2. The maximum Gasteiger partial charge on any atom is 0.147 e. The van der Waals surface area contributed by atoms with E-state index in [1.165, 1.54) is 0 Å². The monoisotopic (exact) mass is 395 g/mol. The minimum Gasteiger partial charge on any atom is -0.492 e. The molecule has 19 heavy (non-hydrogen) atoms. The van der Waals surface area contributed by atoms with Crippen molar-refractivity contribution in [3.63, 3.8) is 0 Å². The van der Waals surface area contributed by atoms with Gasteiger partial charge >= 0.3 is 0 Å². The molecule has 0 aliphatic carbocycles. The predicted octanol–water partition coefficient (Wildman–Crippen LogP) is 2.44. The molecule has 0 aromatic heterocycles. The summed E-state index contributed by atoms with van der Waals surface area (Å²) >= 11 is 6.94. The zero-order chi connectivity index (χ0) is 14.5. The normalized spacial score (nSPS) is 14.2. The lowest BCUT2D eigenvalue weighted by Crippen LogP contribution is -2.40. The van der Waals surface area contributed by atoms with E-state index in [2.05, 4.69) is 37.2 Å². The molecule has 0 heterocycles. The fourth-order valence-electron chi connectivity index (χ4n) is 1.53. The molecule has 108 valence electrons. The molecule has 0 amide bonds. The van der Waals surface area contributed by atoms with Crippen molar-refractivity contribution >= 4 is 31.9 Å². The first-order valence-electron chi connectivity index (χ1n) is 6.04. The Bertz CT molecular complexity index is 401. The average Bonchev–Trinajstić information content (AvgIpc) is 2.34. The van der Waals surface area contributed by atoms with E-state index >= 15 is 0 Å². The molecule has 1 rings (SSSR count). The van der Waals surface area contributed by atoms with Crippen LogP contribution < -0.4 is 10.1 Å². The van der Waals surface area contributed by atoms with Crippen molar-refractivity contribution in [1.82, 2.24) is 5.32 Å². The van der Waals surface area contributed by atoms with E-state index in [-0.39, 0.29) is 6.61 Å². The van der Waals surface area contributed by atoms with Gasteiger partial charge in [-0.1, -0.05) is 0 Å². The van der Waals surface area contributed by atoms with Crippen LogP contribution in [-0.4, -0.2) is 35.6 Å². The Hall–Kier alpha value is -0.140. The average molecular weight is 397 g/mol. The Kier molecular flexibility index (Phi) is 6.76. The number of aliphatic hydroxyl groups is 2. The largest absolute Gasteiger partial charge is 0.492 e. The Morgan fingerprint density at radius 1 is 1.32 bits per heavy atom. The van der Waals surface area contributed by atoms with Crippen LogP contribution in [0, 0.1) is 0 Å². The van der Waals surface area contributed by atoms with Gasteiger partial charge in [0, 0.05) is 13.1 Å². The molecule has 1 aromatic rings. The number of aliphatic hydroxyl groups excluding tert-OH is 1. The maximum absolute atomic E-state index is 9.67. The van der Waals surface area contributed by atoms with Crippen molar-refractivity contribution in [2.75, 3.05) is 19.8 Å². The van der Waals surface area contributed by atoms with E-state index in [1.807, 2.05) is 19.1 Å². The van der Waals surface area contributed by atoms with Gasteiger partial charge in [0.1, 0.15) is 5.75 Å². The second-order valence-corrected chi connectivity index (χ2v) is 6.29. The topological polar surface area (TPSA) is 61.7 Å². The van der Waals surface area contributed by atoms with Gasteiger partial charge in [0.2, 0.25) is 0 Å². The molecule has 1 aromatic carbocycles. The van der Waals surface area contributed by atoms with Crippen molar-refractivity contribution in [2.24, 2.45) is 0 Å². The van der Waals surface area contributed by atoms with Gasteiger partial charge in [0.05, 0.1) is 27.8 Å². The molecule has 1 unspecified atom stereocenters. The van der Waals surface area contributed by atoms with E-state index in [4.69, 9.17) is 9.84 Å². The summed E-state index contributed by atoms with van der Waals surface area (Å²) in [5, 5.41) is 21.7. The van der Waals surface area contributed by atoms with Gasteiger partial charge in [0.25, 0.3) is 0 Å². The fourth-order valence-corrected chi connectivity index (χ4v) is 3.04. The number of hydrogen-bond donors (Lipinski definition) is 3. The molecular formula is C13H19Br2NO3. The minimum atomic E-state index is -1.10. The van der Waals surface area contributed by atoms with Crippen LogP contribution in [0.25, 0.3) is 0 Å². The van der Waals surface area contributed by atoms with E-state index < -0.39 is 5.60 Å². The maximum atomic E-state index is 9.67. The van der Waals surface area contributed by atoms with Gasteiger partial charge in [-0.2, -0.15) is 0 Å². The first-order valence-corrected chi connectivity index (χ1v) is 7.63. The predicted molar refractivity (Wildman–Crippen MR) is 82.4 cm³/mol. The molecule has 0 fully saturated rings.